The molecule has 1 heterocycles. The third-order valence-electron chi connectivity index (χ3n) is 3.18. The summed E-state index contributed by atoms with van der Waals surface area (Å²) in [6, 6.07) is 6.96. The number of nitro benzene ring substituents is 1. The van der Waals surface area contributed by atoms with Crippen molar-refractivity contribution in [2.24, 2.45) is 0 Å². The highest BCUT2D eigenvalue weighted by Crippen LogP contribution is 2.22. The Morgan fingerprint density at radius 3 is 2.53 bits per heavy atom. The molecule has 0 saturated carbocycles. The molecule has 19 heavy (non-hydrogen) atoms. The SMILES string of the molecule is CCc1cc(CC)n(-c2ccc([N+](=O)[O-])cc2C)n1. The first-order chi connectivity index (χ1) is 9.06. The Bertz CT molecular complexity index is 617. The zero-order valence-electron chi connectivity index (χ0n) is 11.4. The van der Waals surface area contributed by atoms with Crippen molar-refractivity contribution in [1.82, 2.24) is 9.78 Å². The van der Waals surface area contributed by atoms with Crippen molar-refractivity contribution in [3.05, 3.63) is 51.3 Å². The van der Waals surface area contributed by atoms with Gasteiger partial charge in [0.05, 0.1) is 16.3 Å². The molecule has 1 aromatic carbocycles. The third kappa shape index (κ3) is 2.50. The zero-order valence-corrected chi connectivity index (χ0v) is 11.4. The molecule has 0 amide bonds. The molecule has 1 aromatic heterocycles. The van der Waals surface area contributed by atoms with Gasteiger partial charge in [0.2, 0.25) is 0 Å². The van der Waals surface area contributed by atoms with Gasteiger partial charge in [-0.1, -0.05) is 13.8 Å². The van der Waals surface area contributed by atoms with E-state index in [0.29, 0.717) is 0 Å². The van der Waals surface area contributed by atoms with Crippen molar-refractivity contribution < 1.29 is 4.92 Å². The van der Waals surface area contributed by atoms with Crippen molar-refractivity contribution in [2.45, 2.75) is 33.6 Å². The van der Waals surface area contributed by atoms with Crippen LogP contribution in [-0.4, -0.2) is 14.7 Å². The van der Waals surface area contributed by atoms with Crippen LogP contribution in [0.1, 0.15) is 30.8 Å². The fourth-order valence-corrected chi connectivity index (χ4v) is 2.10. The van der Waals surface area contributed by atoms with E-state index in [1.54, 1.807) is 12.1 Å². The average molecular weight is 259 g/mol. The van der Waals surface area contributed by atoms with E-state index in [1.165, 1.54) is 6.07 Å². The Balaban J connectivity index is 2.52. The first-order valence-electron chi connectivity index (χ1n) is 6.40. The maximum absolute atomic E-state index is 10.8. The fraction of sp³-hybridized carbons (Fsp3) is 0.357. The van der Waals surface area contributed by atoms with Crippen LogP contribution in [0.3, 0.4) is 0 Å². The number of aromatic nitrogens is 2. The lowest BCUT2D eigenvalue weighted by Crippen LogP contribution is -2.04. The summed E-state index contributed by atoms with van der Waals surface area (Å²) in [6.07, 6.45) is 1.76. The molecule has 0 bridgehead atoms. The number of hydrogen-bond donors (Lipinski definition) is 0. The molecule has 0 spiro atoms. The summed E-state index contributed by atoms with van der Waals surface area (Å²) in [5.41, 5.74) is 4.03. The maximum atomic E-state index is 10.8. The van der Waals surface area contributed by atoms with Crippen LogP contribution in [0.25, 0.3) is 5.69 Å². The van der Waals surface area contributed by atoms with Gasteiger partial charge in [-0.3, -0.25) is 10.1 Å². The highest BCUT2D eigenvalue weighted by molar-refractivity contribution is 5.48. The predicted octanol–water partition coefficient (Wildman–Crippen LogP) is 3.21. The second kappa shape index (κ2) is 5.22. The van der Waals surface area contributed by atoms with Crippen LogP contribution >= 0.6 is 0 Å². The van der Waals surface area contributed by atoms with Gasteiger partial charge in [-0.05, 0) is 37.5 Å². The molecule has 0 aliphatic heterocycles. The van der Waals surface area contributed by atoms with E-state index in [0.717, 1.165) is 35.5 Å². The van der Waals surface area contributed by atoms with Gasteiger partial charge in [0.1, 0.15) is 0 Å². The van der Waals surface area contributed by atoms with Crippen molar-refractivity contribution >= 4 is 5.69 Å². The molecule has 2 aromatic rings. The Hall–Kier alpha value is -2.17. The van der Waals surface area contributed by atoms with Gasteiger partial charge >= 0.3 is 0 Å². The Labute approximate surface area is 112 Å². The third-order valence-corrected chi connectivity index (χ3v) is 3.18. The van der Waals surface area contributed by atoms with Crippen molar-refractivity contribution in [3.8, 4) is 5.69 Å². The lowest BCUT2D eigenvalue weighted by Gasteiger charge is -2.09. The summed E-state index contributed by atoms with van der Waals surface area (Å²) in [6.45, 7) is 6.01. The lowest BCUT2D eigenvalue weighted by molar-refractivity contribution is -0.384. The minimum atomic E-state index is -0.377. The zero-order chi connectivity index (χ0) is 14.0. The quantitative estimate of drug-likeness (QED) is 0.625. The van der Waals surface area contributed by atoms with Gasteiger partial charge in [-0.25, -0.2) is 4.68 Å². The summed E-state index contributed by atoms with van der Waals surface area (Å²) in [5.74, 6) is 0. The van der Waals surface area contributed by atoms with Crippen LogP contribution in [-0.2, 0) is 12.8 Å². The molecule has 0 unspecified atom stereocenters. The van der Waals surface area contributed by atoms with Gasteiger partial charge < -0.3 is 0 Å². The van der Waals surface area contributed by atoms with Gasteiger partial charge in [0, 0.05) is 17.8 Å². The first-order valence-corrected chi connectivity index (χ1v) is 6.40. The normalized spacial score (nSPS) is 10.7. The minimum Gasteiger partial charge on any atom is -0.258 e. The Morgan fingerprint density at radius 2 is 2.00 bits per heavy atom. The highest BCUT2D eigenvalue weighted by atomic mass is 16.6. The number of nitrogens with zero attached hydrogens (tertiary/aromatic N) is 3. The van der Waals surface area contributed by atoms with E-state index in [2.05, 4.69) is 25.0 Å². The number of hydrogen-bond acceptors (Lipinski definition) is 3. The van der Waals surface area contributed by atoms with E-state index in [-0.39, 0.29) is 10.6 Å². The first kappa shape index (κ1) is 13.3. The minimum absolute atomic E-state index is 0.113. The predicted molar refractivity (Wildman–Crippen MR) is 73.7 cm³/mol. The van der Waals surface area contributed by atoms with Crippen molar-refractivity contribution in [1.29, 1.82) is 0 Å². The summed E-state index contributed by atoms with van der Waals surface area (Å²) in [5, 5.41) is 15.3. The second-order valence-electron chi connectivity index (χ2n) is 4.47. The van der Waals surface area contributed by atoms with Gasteiger partial charge in [-0.2, -0.15) is 5.10 Å². The van der Waals surface area contributed by atoms with E-state index in [9.17, 15) is 10.1 Å². The average Bonchev–Trinajstić information content (AvgIpc) is 2.81. The van der Waals surface area contributed by atoms with Crippen LogP contribution in [0.5, 0.6) is 0 Å². The van der Waals surface area contributed by atoms with Crippen LogP contribution in [0, 0.1) is 17.0 Å². The number of aryl methyl sites for hydroxylation is 3. The van der Waals surface area contributed by atoms with E-state index in [4.69, 9.17) is 0 Å². The summed E-state index contributed by atoms with van der Waals surface area (Å²) in [4.78, 5) is 10.4. The molecule has 2 rings (SSSR count). The van der Waals surface area contributed by atoms with Crippen LogP contribution in [0.2, 0.25) is 0 Å². The standard InChI is InChI=1S/C14H17N3O2/c1-4-11-9-12(5-2)16(15-11)14-7-6-13(17(18)19)8-10(14)3/h6-9H,4-5H2,1-3H3. The van der Waals surface area contributed by atoms with Gasteiger partial charge in [-0.15, -0.1) is 0 Å². The monoisotopic (exact) mass is 259 g/mol. The Morgan fingerprint density at radius 1 is 1.26 bits per heavy atom. The summed E-state index contributed by atoms with van der Waals surface area (Å²) >= 11 is 0. The molecule has 100 valence electrons. The van der Waals surface area contributed by atoms with Crippen LogP contribution < -0.4 is 0 Å². The molecule has 0 N–H and O–H groups in total. The van der Waals surface area contributed by atoms with Crippen molar-refractivity contribution in [2.75, 3.05) is 0 Å². The van der Waals surface area contributed by atoms with E-state index >= 15 is 0 Å². The summed E-state index contributed by atoms with van der Waals surface area (Å²) < 4.78 is 1.89. The molecular formula is C14H17N3O2. The molecule has 0 atom stereocenters. The molecule has 0 aliphatic rings. The molecule has 0 saturated heterocycles. The lowest BCUT2D eigenvalue weighted by atomic mass is 10.1. The fourth-order valence-electron chi connectivity index (χ4n) is 2.10. The van der Waals surface area contributed by atoms with Gasteiger partial charge in [0.25, 0.3) is 5.69 Å². The summed E-state index contributed by atoms with van der Waals surface area (Å²) in [7, 11) is 0. The number of rotatable bonds is 4. The molecule has 0 fully saturated rings. The smallest absolute Gasteiger partial charge is 0.258 e. The number of nitro groups is 1. The second-order valence-corrected chi connectivity index (χ2v) is 4.47. The topological polar surface area (TPSA) is 61.0 Å². The molecular weight excluding hydrogens is 242 g/mol. The Kier molecular flexibility index (Phi) is 3.64. The number of benzene rings is 1. The van der Waals surface area contributed by atoms with E-state index < -0.39 is 0 Å². The molecule has 5 nitrogen and oxygen atoms in total. The molecule has 0 aliphatic carbocycles. The largest absolute Gasteiger partial charge is 0.269 e. The van der Waals surface area contributed by atoms with E-state index in [1.807, 2.05) is 11.6 Å². The molecule has 0 radical (unpaired) electrons. The van der Waals surface area contributed by atoms with Gasteiger partial charge in [0.15, 0.2) is 0 Å². The molecule has 5 heteroatoms. The van der Waals surface area contributed by atoms with Crippen molar-refractivity contribution in [3.63, 3.8) is 0 Å². The van der Waals surface area contributed by atoms with Crippen LogP contribution in [0.15, 0.2) is 24.3 Å². The maximum Gasteiger partial charge on any atom is 0.269 e. The van der Waals surface area contributed by atoms with Crippen LogP contribution in [0.4, 0.5) is 5.69 Å². The number of non-ortho nitro benzene ring substituents is 1. The highest BCUT2D eigenvalue weighted by Gasteiger charge is 2.13.